The minimum Gasteiger partial charge on any atom is -0.477 e. The summed E-state index contributed by atoms with van der Waals surface area (Å²) >= 11 is 0. The van der Waals surface area contributed by atoms with Crippen molar-refractivity contribution in [2.24, 2.45) is 0 Å². The summed E-state index contributed by atoms with van der Waals surface area (Å²) in [6.45, 7) is -0.582. The number of benzene rings is 2. The molecule has 0 fully saturated rings. The molecule has 158 valence electrons. The van der Waals surface area contributed by atoms with Crippen LogP contribution < -0.4 is 15.4 Å². The van der Waals surface area contributed by atoms with Gasteiger partial charge in [-0.05, 0) is 36.4 Å². The molecule has 0 aliphatic carbocycles. The van der Waals surface area contributed by atoms with Crippen molar-refractivity contribution in [3.05, 3.63) is 86.8 Å². The number of nitrogens with zero attached hydrogens (tertiary/aromatic N) is 2. The van der Waals surface area contributed by atoms with Crippen LogP contribution in [0, 0.1) is 20.2 Å². The number of hydrogen-bond acceptors (Lipinski definition) is 8. The van der Waals surface area contributed by atoms with Gasteiger partial charge in [0.2, 0.25) is 0 Å². The summed E-state index contributed by atoms with van der Waals surface area (Å²) in [6, 6.07) is 12.2. The molecule has 31 heavy (non-hydrogen) atoms. The first-order valence-corrected chi connectivity index (χ1v) is 8.64. The molecule has 3 rings (SSSR count). The third-order valence-electron chi connectivity index (χ3n) is 3.86. The Hall–Kier alpha value is -4.74. The molecular formula is C19H14N4O8. The molecular weight excluding hydrogens is 412 g/mol. The highest BCUT2D eigenvalue weighted by molar-refractivity contribution is 6.02. The fourth-order valence-corrected chi connectivity index (χ4v) is 2.50. The summed E-state index contributed by atoms with van der Waals surface area (Å²) in [5.74, 6) is -1.28. The first kappa shape index (κ1) is 21.0. The first-order chi connectivity index (χ1) is 14.8. The Morgan fingerprint density at radius 2 is 1.68 bits per heavy atom. The molecule has 2 amide bonds. The largest absolute Gasteiger partial charge is 0.477 e. The van der Waals surface area contributed by atoms with Gasteiger partial charge in [-0.2, -0.15) is 0 Å². The molecule has 12 nitrogen and oxygen atoms in total. The van der Waals surface area contributed by atoms with Crippen LogP contribution in [0.5, 0.6) is 5.75 Å². The SMILES string of the molecule is O=C(COc1ccc([N+](=O)[O-])cc1[N+](=O)[O-])Nc1cccc(NC(=O)c2ccco2)c1. The molecule has 0 aliphatic heterocycles. The molecule has 0 unspecified atom stereocenters. The zero-order valence-electron chi connectivity index (χ0n) is 15.6. The number of amides is 2. The van der Waals surface area contributed by atoms with Crippen molar-refractivity contribution < 1.29 is 28.6 Å². The van der Waals surface area contributed by atoms with Crippen LogP contribution in [0.15, 0.2) is 65.3 Å². The molecule has 0 saturated carbocycles. The standard InChI is InChI=1S/C19H14N4O8/c24-18(11-31-16-7-6-14(22(26)27)10-15(16)23(28)29)20-12-3-1-4-13(9-12)21-19(25)17-5-2-8-30-17/h1-10H,11H2,(H,20,24)(H,21,25). The van der Waals surface area contributed by atoms with Crippen molar-refractivity contribution in [1.29, 1.82) is 0 Å². The summed E-state index contributed by atoms with van der Waals surface area (Å²) in [4.78, 5) is 44.4. The van der Waals surface area contributed by atoms with Crippen LogP contribution in [0.25, 0.3) is 0 Å². The number of nitro benzene ring substituents is 2. The monoisotopic (exact) mass is 426 g/mol. The van der Waals surface area contributed by atoms with Crippen LogP contribution in [0.3, 0.4) is 0 Å². The summed E-state index contributed by atoms with van der Waals surface area (Å²) in [6.07, 6.45) is 1.36. The van der Waals surface area contributed by atoms with E-state index in [0.717, 1.165) is 18.2 Å². The van der Waals surface area contributed by atoms with Gasteiger partial charge in [0.25, 0.3) is 17.5 Å². The van der Waals surface area contributed by atoms with Crippen LogP contribution >= 0.6 is 0 Å². The summed E-state index contributed by atoms with van der Waals surface area (Å²) in [5.41, 5.74) is -0.378. The van der Waals surface area contributed by atoms with Crippen LogP contribution in [-0.4, -0.2) is 28.3 Å². The number of nitro groups is 2. The minimum atomic E-state index is -0.842. The maximum Gasteiger partial charge on any atom is 0.317 e. The van der Waals surface area contributed by atoms with Gasteiger partial charge < -0.3 is 19.8 Å². The average molecular weight is 426 g/mol. The van der Waals surface area contributed by atoms with Gasteiger partial charge in [0.1, 0.15) is 0 Å². The molecule has 3 aromatic rings. The summed E-state index contributed by atoms with van der Waals surface area (Å²) in [5, 5.41) is 27.0. The zero-order chi connectivity index (χ0) is 22.4. The Morgan fingerprint density at radius 1 is 0.935 bits per heavy atom. The molecule has 0 atom stereocenters. The van der Waals surface area contributed by atoms with Gasteiger partial charge in [0.15, 0.2) is 18.1 Å². The second-order valence-corrected chi connectivity index (χ2v) is 6.02. The molecule has 0 radical (unpaired) electrons. The lowest BCUT2D eigenvalue weighted by molar-refractivity contribution is -0.394. The van der Waals surface area contributed by atoms with Gasteiger partial charge in [0, 0.05) is 17.4 Å². The third kappa shape index (κ3) is 5.41. The Bertz CT molecular complexity index is 1140. The van der Waals surface area contributed by atoms with Gasteiger partial charge in [0.05, 0.1) is 22.2 Å². The predicted molar refractivity (Wildman–Crippen MR) is 107 cm³/mol. The van der Waals surface area contributed by atoms with E-state index in [4.69, 9.17) is 9.15 Å². The lowest BCUT2D eigenvalue weighted by atomic mass is 10.2. The number of nitrogens with one attached hydrogen (secondary N) is 2. The number of carbonyl (C=O) groups is 2. The van der Waals surface area contributed by atoms with Crippen molar-refractivity contribution in [2.75, 3.05) is 17.2 Å². The van der Waals surface area contributed by atoms with Crippen molar-refractivity contribution >= 4 is 34.6 Å². The van der Waals surface area contributed by atoms with Crippen molar-refractivity contribution in [2.45, 2.75) is 0 Å². The highest BCUT2D eigenvalue weighted by Crippen LogP contribution is 2.31. The minimum absolute atomic E-state index is 0.118. The maximum atomic E-state index is 12.1. The second-order valence-electron chi connectivity index (χ2n) is 6.02. The average Bonchev–Trinajstić information content (AvgIpc) is 3.27. The molecule has 12 heteroatoms. The maximum absolute atomic E-state index is 12.1. The Balaban J connectivity index is 1.62. The molecule has 1 heterocycles. The Morgan fingerprint density at radius 3 is 2.32 bits per heavy atom. The third-order valence-corrected chi connectivity index (χ3v) is 3.86. The fourth-order valence-electron chi connectivity index (χ4n) is 2.50. The van der Waals surface area contributed by atoms with Gasteiger partial charge in [-0.25, -0.2) is 0 Å². The van der Waals surface area contributed by atoms with Crippen LogP contribution in [-0.2, 0) is 4.79 Å². The lowest BCUT2D eigenvalue weighted by Gasteiger charge is -2.09. The lowest BCUT2D eigenvalue weighted by Crippen LogP contribution is -2.20. The highest BCUT2D eigenvalue weighted by atomic mass is 16.6. The molecule has 0 aliphatic rings. The van der Waals surface area contributed by atoms with Gasteiger partial charge >= 0.3 is 5.69 Å². The first-order valence-electron chi connectivity index (χ1n) is 8.64. The van der Waals surface area contributed by atoms with Gasteiger partial charge in [-0.3, -0.25) is 29.8 Å². The number of carbonyl (C=O) groups excluding carboxylic acids is 2. The number of anilines is 2. The van der Waals surface area contributed by atoms with E-state index < -0.39 is 39.6 Å². The quantitative estimate of drug-likeness (QED) is 0.408. The van der Waals surface area contributed by atoms with Crippen molar-refractivity contribution in [3.63, 3.8) is 0 Å². The molecule has 0 saturated heterocycles. The van der Waals surface area contributed by atoms with E-state index in [1.807, 2.05) is 0 Å². The number of furan rings is 1. The summed E-state index contributed by atoms with van der Waals surface area (Å²) < 4.78 is 10.2. The van der Waals surface area contributed by atoms with Crippen LogP contribution in [0.2, 0.25) is 0 Å². The van der Waals surface area contributed by atoms with E-state index in [9.17, 15) is 29.8 Å². The smallest absolute Gasteiger partial charge is 0.317 e. The predicted octanol–water partition coefficient (Wildman–Crippen LogP) is 3.37. The van der Waals surface area contributed by atoms with Gasteiger partial charge in [-0.1, -0.05) is 6.07 Å². The molecule has 0 spiro atoms. The summed E-state index contributed by atoms with van der Waals surface area (Å²) in [7, 11) is 0. The molecule has 0 bridgehead atoms. The van der Waals surface area contributed by atoms with E-state index in [-0.39, 0.29) is 11.5 Å². The fraction of sp³-hybridized carbons (Fsp3) is 0.0526. The van der Waals surface area contributed by atoms with Crippen molar-refractivity contribution in [3.8, 4) is 5.75 Å². The Labute approximate surface area is 173 Å². The van der Waals surface area contributed by atoms with E-state index in [1.54, 1.807) is 24.3 Å². The Kier molecular flexibility index (Phi) is 6.21. The van der Waals surface area contributed by atoms with E-state index >= 15 is 0 Å². The van der Waals surface area contributed by atoms with Crippen LogP contribution in [0.4, 0.5) is 22.7 Å². The number of hydrogen-bond donors (Lipinski definition) is 2. The van der Waals surface area contributed by atoms with Crippen molar-refractivity contribution in [1.82, 2.24) is 0 Å². The number of non-ortho nitro benzene ring substituents is 1. The van der Waals surface area contributed by atoms with Gasteiger partial charge in [-0.15, -0.1) is 0 Å². The molecule has 2 aromatic carbocycles. The van der Waals surface area contributed by atoms with E-state index in [1.165, 1.54) is 18.4 Å². The normalized spacial score (nSPS) is 10.2. The number of rotatable bonds is 8. The van der Waals surface area contributed by atoms with E-state index in [2.05, 4.69) is 10.6 Å². The van der Waals surface area contributed by atoms with Crippen LogP contribution in [0.1, 0.15) is 10.6 Å². The molecule has 1 aromatic heterocycles. The zero-order valence-corrected chi connectivity index (χ0v) is 15.6. The van der Waals surface area contributed by atoms with E-state index in [0.29, 0.717) is 11.4 Å². The topological polar surface area (TPSA) is 167 Å². The highest BCUT2D eigenvalue weighted by Gasteiger charge is 2.21. The second kappa shape index (κ2) is 9.17. The molecule has 2 N–H and O–H groups in total. The number of ether oxygens (including phenoxy) is 1.